The number of nitrogens with two attached hydrogens (primary N) is 1. The number of rotatable bonds is 4. The summed E-state index contributed by atoms with van der Waals surface area (Å²) in [6.45, 7) is 4.61. The molecule has 0 saturated heterocycles. The highest BCUT2D eigenvalue weighted by Gasteiger charge is 2.32. The lowest BCUT2D eigenvalue weighted by atomic mass is 9.97. The minimum atomic E-state index is -0.223. The highest BCUT2D eigenvalue weighted by Crippen LogP contribution is 2.35. The van der Waals surface area contributed by atoms with Crippen molar-refractivity contribution in [2.75, 3.05) is 24.3 Å². The van der Waals surface area contributed by atoms with Crippen molar-refractivity contribution in [1.29, 1.82) is 0 Å². The van der Waals surface area contributed by atoms with Gasteiger partial charge in [-0.3, -0.25) is 14.8 Å². The molecule has 0 unspecified atom stereocenters. The maximum atomic E-state index is 13.2. The van der Waals surface area contributed by atoms with Gasteiger partial charge in [-0.25, -0.2) is 4.98 Å². The van der Waals surface area contributed by atoms with Gasteiger partial charge in [-0.15, -0.1) is 0 Å². The predicted molar refractivity (Wildman–Crippen MR) is 119 cm³/mol. The Morgan fingerprint density at radius 1 is 1.26 bits per heavy atom. The van der Waals surface area contributed by atoms with Crippen LogP contribution in [0.1, 0.15) is 32.7 Å². The molecule has 4 rings (SSSR count). The van der Waals surface area contributed by atoms with E-state index in [1.165, 1.54) is 0 Å². The van der Waals surface area contributed by atoms with Gasteiger partial charge in [0, 0.05) is 41.8 Å². The van der Waals surface area contributed by atoms with Crippen LogP contribution in [0.5, 0.6) is 5.75 Å². The second kappa shape index (κ2) is 8.31. The Hall–Kier alpha value is -3.52. The van der Waals surface area contributed by atoms with Crippen molar-refractivity contribution in [3.63, 3.8) is 0 Å². The molecule has 0 aliphatic carbocycles. The lowest BCUT2D eigenvalue weighted by molar-refractivity contribution is 0.103. The molecule has 3 aromatic rings. The van der Waals surface area contributed by atoms with Gasteiger partial charge >= 0.3 is 0 Å². The number of Topliss-reactive ketones (excluding diaryl/α,β-unsaturated/α-hetero) is 1. The molecule has 9 heteroatoms. The first-order valence-corrected chi connectivity index (χ1v) is 9.99. The van der Waals surface area contributed by atoms with Crippen LogP contribution in [0.2, 0.25) is 5.15 Å². The monoisotopic (exact) mass is 436 g/mol. The van der Waals surface area contributed by atoms with E-state index in [-0.39, 0.29) is 22.4 Å². The quantitative estimate of drug-likeness (QED) is 0.489. The van der Waals surface area contributed by atoms with Crippen molar-refractivity contribution in [3.05, 3.63) is 69.4 Å². The Morgan fingerprint density at radius 3 is 2.71 bits per heavy atom. The average Bonchev–Trinajstić information content (AvgIpc) is 2.74. The Labute approximate surface area is 184 Å². The SMILES string of the molecule is COc1c(C)cnc(CN2C/C(=C\c3ccncc3)C(=O)c3c(Cl)nc(N)nc32)c1C. The largest absolute Gasteiger partial charge is 0.496 e. The number of ether oxygens (including phenoxy) is 1. The lowest BCUT2D eigenvalue weighted by Crippen LogP contribution is -2.35. The zero-order valence-corrected chi connectivity index (χ0v) is 18.1. The molecule has 0 spiro atoms. The van der Waals surface area contributed by atoms with E-state index in [9.17, 15) is 4.79 Å². The zero-order valence-electron chi connectivity index (χ0n) is 17.4. The van der Waals surface area contributed by atoms with E-state index in [1.807, 2.05) is 37.0 Å². The van der Waals surface area contributed by atoms with Gasteiger partial charge in [-0.2, -0.15) is 4.98 Å². The number of hydrogen-bond acceptors (Lipinski definition) is 8. The summed E-state index contributed by atoms with van der Waals surface area (Å²) in [5, 5.41) is 0.0315. The van der Waals surface area contributed by atoms with Crippen LogP contribution in [0.3, 0.4) is 0 Å². The van der Waals surface area contributed by atoms with Crippen LogP contribution < -0.4 is 15.4 Å². The van der Waals surface area contributed by atoms with Crippen LogP contribution >= 0.6 is 11.6 Å². The fourth-order valence-corrected chi connectivity index (χ4v) is 3.95. The first-order chi connectivity index (χ1) is 14.9. The summed E-state index contributed by atoms with van der Waals surface area (Å²) in [6, 6.07) is 3.66. The van der Waals surface area contributed by atoms with E-state index in [0.29, 0.717) is 24.5 Å². The van der Waals surface area contributed by atoms with Crippen LogP contribution in [0.25, 0.3) is 6.08 Å². The molecule has 0 radical (unpaired) electrons. The summed E-state index contributed by atoms with van der Waals surface area (Å²) in [5.74, 6) is 0.967. The fourth-order valence-electron chi connectivity index (χ4n) is 3.69. The Balaban J connectivity index is 1.81. The number of ketones is 1. The maximum absolute atomic E-state index is 13.2. The van der Waals surface area contributed by atoms with E-state index in [1.54, 1.807) is 25.7 Å². The zero-order chi connectivity index (χ0) is 22.1. The molecule has 0 fully saturated rings. The summed E-state index contributed by atoms with van der Waals surface area (Å²) in [7, 11) is 1.64. The number of anilines is 2. The molecule has 3 aromatic heterocycles. The summed E-state index contributed by atoms with van der Waals surface area (Å²) < 4.78 is 5.53. The number of fused-ring (bicyclic) bond motifs is 1. The Kier molecular flexibility index (Phi) is 5.56. The molecule has 8 nitrogen and oxygen atoms in total. The number of aromatic nitrogens is 4. The van der Waals surface area contributed by atoms with Crippen LogP contribution in [-0.4, -0.2) is 39.4 Å². The van der Waals surface area contributed by atoms with E-state index >= 15 is 0 Å². The van der Waals surface area contributed by atoms with Crippen LogP contribution in [0.15, 0.2) is 36.3 Å². The smallest absolute Gasteiger partial charge is 0.223 e. The number of methoxy groups -OCH3 is 1. The number of carbonyl (C=O) groups excluding carboxylic acids is 1. The van der Waals surface area contributed by atoms with Crippen molar-refractivity contribution in [3.8, 4) is 5.75 Å². The summed E-state index contributed by atoms with van der Waals surface area (Å²) in [4.78, 5) is 32.1. The normalized spacial score (nSPS) is 14.6. The molecular weight excluding hydrogens is 416 g/mol. The molecular formula is C22H21ClN6O2. The van der Waals surface area contributed by atoms with Gasteiger partial charge in [0.25, 0.3) is 0 Å². The van der Waals surface area contributed by atoms with Crippen molar-refractivity contribution in [2.24, 2.45) is 0 Å². The number of pyridine rings is 2. The van der Waals surface area contributed by atoms with Crippen molar-refractivity contribution < 1.29 is 9.53 Å². The minimum Gasteiger partial charge on any atom is -0.496 e. The number of halogens is 1. The van der Waals surface area contributed by atoms with Gasteiger partial charge in [0.15, 0.2) is 5.78 Å². The third kappa shape index (κ3) is 3.94. The van der Waals surface area contributed by atoms with Gasteiger partial charge in [0.2, 0.25) is 5.95 Å². The van der Waals surface area contributed by atoms with Crippen LogP contribution in [-0.2, 0) is 6.54 Å². The number of aryl methyl sites for hydroxylation is 1. The van der Waals surface area contributed by atoms with Crippen LogP contribution in [0, 0.1) is 13.8 Å². The minimum absolute atomic E-state index is 0.00859. The van der Waals surface area contributed by atoms with Gasteiger partial charge < -0.3 is 15.4 Å². The molecule has 0 bridgehead atoms. The first kappa shape index (κ1) is 20.7. The van der Waals surface area contributed by atoms with Gasteiger partial charge in [0.05, 0.1) is 19.3 Å². The average molecular weight is 437 g/mol. The first-order valence-electron chi connectivity index (χ1n) is 9.61. The number of nitrogen functional groups attached to an aromatic ring is 1. The Bertz CT molecular complexity index is 1200. The van der Waals surface area contributed by atoms with Gasteiger partial charge in [0.1, 0.15) is 22.3 Å². The van der Waals surface area contributed by atoms with Gasteiger partial charge in [-0.05, 0) is 37.6 Å². The highest BCUT2D eigenvalue weighted by atomic mass is 35.5. The molecule has 0 amide bonds. The maximum Gasteiger partial charge on any atom is 0.223 e. The fraction of sp³-hybridized carbons (Fsp3) is 0.227. The van der Waals surface area contributed by atoms with Crippen molar-refractivity contribution in [2.45, 2.75) is 20.4 Å². The van der Waals surface area contributed by atoms with E-state index in [4.69, 9.17) is 22.1 Å². The molecule has 31 heavy (non-hydrogen) atoms. The lowest BCUT2D eigenvalue weighted by Gasteiger charge is -2.31. The topological polar surface area (TPSA) is 107 Å². The number of carbonyl (C=O) groups is 1. The third-order valence-corrected chi connectivity index (χ3v) is 5.45. The number of hydrogen-bond donors (Lipinski definition) is 1. The molecule has 1 aliphatic heterocycles. The third-order valence-electron chi connectivity index (χ3n) is 5.18. The van der Waals surface area contributed by atoms with Crippen molar-refractivity contribution >= 4 is 35.2 Å². The predicted octanol–water partition coefficient (Wildman–Crippen LogP) is 3.41. The van der Waals surface area contributed by atoms with Crippen molar-refractivity contribution in [1.82, 2.24) is 19.9 Å². The molecule has 0 atom stereocenters. The van der Waals surface area contributed by atoms with Gasteiger partial charge in [-0.1, -0.05) is 11.6 Å². The molecule has 0 saturated carbocycles. The molecule has 4 heterocycles. The molecule has 158 valence electrons. The van der Waals surface area contributed by atoms with E-state index < -0.39 is 0 Å². The second-order valence-corrected chi connectivity index (χ2v) is 7.61. The molecule has 1 aliphatic rings. The standard InChI is InChI=1S/C22H21ClN6O2/c1-12-9-26-16(13(2)19(12)31-3)11-29-10-15(8-14-4-6-25-7-5-14)18(30)17-20(23)27-22(24)28-21(17)29/h4-9H,10-11H2,1-3H3,(H2,24,27,28)/b15-8+. The van der Waals surface area contributed by atoms with E-state index in [2.05, 4.69) is 19.9 Å². The van der Waals surface area contributed by atoms with E-state index in [0.717, 1.165) is 28.1 Å². The summed E-state index contributed by atoms with van der Waals surface area (Å²) >= 11 is 6.33. The summed E-state index contributed by atoms with van der Waals surface area (Å²) in [6.07, 6.45) is 6.94. The second-order valence-electron chi connectivity index (χ2n) is 7.25. The Morgan fingerprint density at radius 2 is 2.00 bits per heavy atom. The van der Waals surface area contributed by atoms with Crippen LogP contribution in [0.4, 0.5) is 11.8 Å². The summed E-state index contributed by atoms with van der Waals surface area (Å²) in [5.41, 5.74) is 10.2. The molecule has 0 aromatic carbocycles. The highest BCUT2D eigenvalue weighted by molar-refractivity contribution is 6.35. The number of nitrogens with zero attached hydrogens (tertiary/aromatic N) is 5. The molecule has 2 N–H and O–H groups in total.